The Morgan fingerprint density at radius 2 is 1.96 bits per heavy atom. The molecule has 1 saturated carbocycles. The van der Waals surface area contributed by atoms with Crippen LogP contribution in [0.2, 0.25) is 0 Å². The number of ether oxygens (including phenoxy) is 2. The maximum Gasteiger partial charge on any atom is 0.343 e. The molecule has 0 aromatic heterocycles. The summed E-state index contributed by atoms with van der Waals surface area (Å²) in [4.78, 5) is 13.7. The molecule has 0 N–H and O–H groups in total. The normalized spacial score (nSPS) is 18.4. The van der Waals surface area contributed by atoms with Crippen molar-refractivity contribution in [3.63, 3.8) is 0 Å². The van der Waals surface area contributed by atoms with Crippen molar-refractivity contribution in [1.82, 2.24) is 0 Å². The predicted molar refractivity (Wildman–Crippen MR) is 109 cm³/mol. The van der Waals surface area contributed by atoms with Gasteiger partial charge >= 0.3 is 5.97 Å². The van der Waals surface area contributed by atoms with Crippen LogP contribution < -0.4 is 9.64 Å². The van der Waals surface area contributed by atoms with Crippen molar-refractivity contribution in [3.05, 3.63) is 70.7 Å². The average Bonchev–Trinajstić information content (AvgIpc) is 3.46. The fourth-order valence-electron chi connectivity index (χ4n) is 3.40. The number of thioether (sulfide) groups is 1. The number of methoxy groups -OCH3 is 1. The van der Waals surface area contributed by atoms with Crippen LogP contribution in [0, 0.1) is 12.7 Å². The van der Waals surface area contributed by atoms with Gasteiger partial charge in [0, 0.05) is 17.1 Å². The number of benzene rings is 2. The number of hydrogen-bond acceptors (Lipinski definition) is 5. The van der Waals surface area contributed by atoms with Crippen molar-refractivity contribution < 1.29 is 18.7 Å². The van der Waals surface area contributed by atoms with Gasteiger partial charge in [0.15, 0.2) is 6.61 Å². The maximum atomic E-state index is 13.4. The second kappa shape index (κ2) is 7.87. The minimum absolute atomic E-state index is 0.109. The average molecular weight is 399 g/mol. The van der Waals surface area contributed by atoms with E-state index in [0.717, 1.165) is 35.4 Å². The third-order valence-corrected chi connectivity index (χ3v) is 6.22. The second-order valence-corrected chi connectivity index (χ2v) is 8.02. The van der Waals surface area contributed by atoms with Crippen LogP contribution in [0.15, 0.2) is 53.7 Å². The molecule has 1 aliphatic heterocycles. The third kappa shape index (κ3) is 3.87. The number of allylic oxidation sites excluding steroid dienone is 1. The molecular formula is C22H22FNO3S. The van der Waals surface area contributed by atoms with E-state index in [9.17, 15) is 9.18 Å². The van der Waals surface area contributed by atoms with E-state index in [1.54, 1.807) is 0 Å². The zero-order valence-corrected chi connectivity index (χ0v) is 16.7. The number of anilines is 1. The van der Waals surface area contributed by atoms with E-state index in [-0.39, 0.29) is 17.8 Å². The Balaban J connectivity index is 1.64. The fraction of sp³-hybridized carbons (Fsp3) is 0.318. The molecule has 2 aromatic rings. The van der Waals surface area contributed by atoms with Crippen molar-refractivity contribution in [1.29, 1.82) is 0 Å². The minimum Gasteiger partial charge on any atom is -0.482 e. The van der Waals surface area contributed by atoms with E-state index >= 15 is 0 Å². The fourth-order valence-corrected chi connectivity index (χ4v) is 4.80. The second-order valence-electron chi connectivity index (χ2n) is 6.95. The first-order valence-electron chi connectivity index (χ1n) is 9.24. The zero-order chi connectivity index (χ0) is 19.7. The van der Waals surface area contributed by atoms with Gasteiger partial charge in [0.05, 0.1) is 7.11 Å². The Morgan fingerprint density at radius 3 is 2.61 bits per heavy atom. The van der Waals surface area contributed by atoms with Gasteiger partial charge in [0.2, 0.25) is 0 Å². The van der Waals surface area contributed by atoms with Crippen LogP contribution in [0.25, 0.3) is 0 Å². The summed E-state index contributed by atoms with van der Waals surface area (Å²) in [5.74, 6) is 0.965. The third-order valence-electron chi connectivity index (χ3n) is 4.98. The molecule has 0 amide bonds. The van der Waals surface area contributed by atoms with Crippen molar-refractivity contribution >= 4 is 23.4 Å². The smallest absolute Gasteiger partial charge is 0.343 e. The van der Waals surface area contributed by atoms with Gasteiger partial charge in [-0.25, -0.2) is 9.18 Å². The highest BCUT2D eigenvalue weighted by molar-refractivity contribution is 8.00. The standard InChI is InChI=1S/C22H22FNO3S/c1-14-11-18(27-12-21(25)26-2)9-10-19(14)24-20(15-3-4-15)13-28-22(24)16-5-7-17(23)8-6-16/h5-11,22H,3-4,12-13H2,1-2H3. The van der Waals surface area contributed by atoms with Crippen LogP contribution in [-0.4, -0.2) is 25.4 Å². The quantitative estimate of drug-likeness (QED) is 0.663. The number of halogens is 1. The first-order chi connectivity index (χ1) is 13.6. The van der Waals surface area contributed by atoms with Gasteiger partial charge in [-0.3, -0.25) is 0 Å². The molecule has 0 radical (unpaired) electrons. The number of carbonyl (C=O) groups is 1. The summed E-state index contributed by atoms with van der Waals surface area (Å²) in [6.45, 7) is 1.93. The van der Waals surface area contributed by atoms with Crippen LogP contribution in [0.1, 0.15) is 29.3 Å². The summed E-state index contributed by atoms with van der Waals surface area (Å²) >= 11 is 1.86. The molecule has 6 heteroatoms. The van der Waals surface area contributed by atoms with Gasteiger partial charge in [0.25, 0.3) is 0 Å². The Hall–Kier alpha value is -2.47. The lowest BCUT2D eigenvalue weighted by Gasteiger charge is -2.29. The Morgan fingerprint density at radius 1 is 1.21 bits per heavy atom. The van der Waals surface area contributed by atoms with Crippen LogP contribution in [0.3, 0.4) is 0 Å². The lowest BCUT2D eigenvalue weighted by molar-refractivity contribution is -0.142. The molecule has 1 saturated heterocycles. The molecule has 1 heterocycles. The number of nitrogens with zero attached hydrogens (tertiary/aromatic N) is 1. The highest BCUT2D eigenvalue weighted by Crippen LogP contribution is 2.51. The molecule has 4 nitrogen and oxygen atoms in total. The molecule has 2 fully saturated rings. The van der Waals surface area contributed by atoms with Crippen molar-refractivity contribution in [3.8, 4) is 5.75 Å². The van der Waals surface area contributed by atoms with E-state index in [4.69, 9.17) is 4.74 Å². The molecule has 28 heavy (non-hydrogen) atoms. The molecule has 0 bridgehead atoms. The van der Waals surface area contributed by atoms with Crippen LogP contribution in [-0.2, 0) is 9.53 Å². The number of aryl methyl sites for hydroxylation is 1. The van der Waals surface area contributed by atoms with Gasteiger partial charge in [0.1, 0.15) is 16.9 Å². The number of rotatable bonds is 5. The van der Waals surface area contributed by atoms with Crippen LogP contribution >= 0.6 is 11.8 Å². The van der Waals surface area contributed by atoms with Gasteiger partial charge in [-0.15, -0.1) is 11.8 Å². The van der Waals surface area contributed by atoms with Gasteiger partial charge in [-0.2, -0.15) is 0 Å². The molecule has 4 rings (SSSR count). The highest BCUT2D eigenvalue weighted by Gasteiger charge is 2.36. The van der Waals surface area contributed by atoms with E-state index in [1.165, 1.54) is 30.5 Å². The SMILES string of the molecule is COC(=O)COc1ccc(N2C(=C3CC3)CSC2c2ccc(F)cc2)c(C)c1. The summed E-state index contributed by atoms with van der Waals surface area (Å²) < 4.78 is 23.5. The number of carbonyl (C=O) groups excluding carboxylic acids is 1. The minimum atomic E-state index is -0.408. The predicted octanol–water partition coefficient (Wildman–Crippen LogP) is 4.99. The lowest BCUT2D eigenvalue weighted by Crippen LogP contribution is -2.22. The summed E-state index contributed by atoms with van der Waals surface area (Å²) in [5, 5.41) is 0.115. The maximum absolute atomic E-state index is 13.4. The summed E-state index contributed by atoms with van der Waals surface area (Å²) in [6, 6.07) is 12.6. The summed E-state index contributed by atoms with van der Waals surface area (Å²) in [6.07, 6.45) is 2.31. The monoisotopic (exact) mass is 399 g/mol. The molecule has 0 spiro atoms. The van der Waals surface area contributed by atoms with E-state index in [1.807, 2.05) is 49.0 Å². The summed E-state index contributed by atoms with van der Waals surface area (Å²) in [5.41, 5.74) is 6.14. The molecule has 1 unspecified atom stereocenters. The number of hydrogen-bond donors (Lipinski definition) is 0. The van der Waals surface area contributed by atoms with Gasteiger partial charge in [-0.1, -0.05) is 12.1 Å². The lowest BCUT2D eigenvalue weighted by atomic mass is 10.1. The largest absolute Gasteiger partial charge is 0.482 e. The molecule has 146 valence electrons. The molecule has 1 aliphatic carbocycles. The Kier molecular flexibility index (Phi) is 5.31. The van der Waals surface area contributed by atoms with E-state index in [2.05, 4.69) is 9.64 Å². The Bertz CT molecular complexity index is 920. The topological polar surface area (TPSA) is 38.8 Å². The number of esters is 1. The van der Waals surface area contributed by atoms with Crippen LogP contribution in [0.5, 0.6) is 5.75 Å². The van der Waals surface area contributed by atoms with Crippen molar-refractivity contribution in [2.75, 3.05) is 24.4 Å². The molecule has 2 aromatic carbocycles. The first kappa shape index (κ1) is 18.9. The molecular weight excluding hydrogens is 377 g/mol. The van der Waals surface area contributed by atoms with E-state index < -0.39 is 5.97 Å². The molecule has 1 atom stereocenters. The van der Waals surface area contributed by atoms with Crippen LogP contribution in [0.4, 0.5) is 10.1 Å². The summed E-state index contributed by atoms with van der Waals surface area (Å²) in [7, 11) is 1.34. The van der Waals surface area contributed by atoms with Gasteiger partial charge in [-0.05, 0) is 66.8 Å². The van der Waals surface area contributed by atoms with E-state index in [0.29, 0.717) is 5.75 Å². The zero-order valence-electron chi connectivity index (χ0n) is 15.9. The highest BCUT2D eigenvalue weighted by atomic mass is 32.2. The van der Waals surface area contributed by atoms with Crippen molar-refractivity contribution in [2.45, 2.75) is 25.1 Å². The first-order valence-corrected chi connectivity index (χ1v) is 10.3. The van der Waals surface area contributed by atoms with Crippen molar-refractivity contribution in [2.24, 2.45) is 0 Å². The van der Waals surface area contributed by atoms with Gasteiger partial charge < -0.3 is 14.4 Å². The molecule has 2 aliphatic rings. The Labute approximate surface area is 168 Å².